The van der Waals surface area contributed by atoms with E-state index in [0.29, 0.717) is 36.0 Å². The second-order valence-corrected chi connectivity index (χ2v) is 9.31. The number of nitrogens with zero attached hydrogens (tertiary/aromatic N) is 3. The summed E-state index contributed by atoms with van der Waals surface area (Å²) in [7, 11) is -3.26. The molecule has 0 spiro atoms. The molecule has 1 N–H and O–H groups in total. The Hall–Kier alpha value is -2.87. The molecule has 0 radical (unpaired) electrons. The Kier molecular flexibility index (Phi) is 3.90. The van der Waals surface area contributed by atoms with Crippen LogP contribution in [0.1, 0.15) is 41.5 Å². The van der Waals surface area contributed by atoms with Crippen molar-refractivity contribution >= 4 is 32.8 Å². The first-order valence-corrected chi connectivity index (χ1v) is 11.0. The molecule has 7 nitrogen and oxygen atoms in total. The zero-order valence-electron chi connectivity index (χ0n) is 15.2. The summed E-state index contributed by atoms with van der Waals surface area (Å²) in [4.78, 5) is 17.5. The summed E-state index contributed by atoms with van der Waals surface area (Å²) in [6, 6.07) is 12.7. The average Bonchev–Trinajstić information content (AvgIpc) is 3.35. The summed E-state index contributed by atoms with van der Waals surface area (Å²) in [6.45, 7) is 0.468. The Bertz CT molecular complexity index is 1180. The highest BCUT2D eigenvalue weighted by atomic mass is 32.2. The number of hydrogen-bond acceptors (Lipinski definition) is 4. The summed E-state index contributed by atoms with van der Waals surface area (Å²) in [5, 5.41) is 2.88. The van der Waals surface area contributed by atoms with E-state index in [9.17, 15) is 13.2 Å². The lowest BCUT2D eigenvalue weighted by Crippen LogP contribution is -2.25. The minimum atomic E-state index is -3.26. The molecule has 1 aliphatic carbocycles. The highest BCUT2D eigenvalue weighted by molar-refractivity contribution is 7.93. The molecule has 0 bridgehead atoms. The van der Waals surface area contributed by atoms with Gasteiger partial charge in [0.2, 0.25) is 10.0 Å². The number of imidazole rings is 1. The Balaban J connectivity index is 1.45. The van der Waals surface area contributed by atoms with E-state index in [1.165, 1.54) is 4.31 Å². The molecule has 2 aromatic heterocycles. The molecule has 1 aliphatic heterocycles. The second-order valence-electron chi connectivity index (χ2n) is 7.29. The molecule has 1 saturated heterocycles. The fourth-order valence-electron chi connectivity index (χ4n) is 3.72. The molecule has 1 saturated carbocycles. The molecule has 0 unspecified atom stereocenters. The first-order chi connectivity index (χ1) is 13.5. The van der Waals surface area contributed by atoms with Gasteiger partial charge in [0, 0.05) is 24.3 Å². The molecule has 28 heavy (non-hydrogen) atoms. The van der Waals surface area contributed by atoms with Gasteiger partial charge in [-0.05, 0) is 49.6 Å². The van der Waals surface area contributed by atoms with Gasteiger partial charge in [0.05, 0.1) is 17.0 Å². The van der Waals surface area contributed by atoms with Crippen LogP contribution in [-0.4, -0.2) is 36.0 Å². The van der Waals surface area contributed by atoms with Gasteiger partial charge < -0.3 is 9.72 Å². The highest BCUT2D eigenvalue weighted by Gasteiger charge is 2.31. The Labute approximate surface area is 163 Å². The van der Waals surface area contributed by atoms with Crippen LogP contribution >= 0.6 is 0 Å². The number of benzene rings is 1. The summed E-state index contributed by atoms with van der Waals surface area (Å²) in [5.41, 5.74) is 2.29. The second kappa shape index (κ2) is 6.34. The Morgan fingerprint density at radius 3 is 2.75 bits per heavy atom. The molecule has 2 fully saturated rings. The van der Waals surface area contributed by atoms with E-state index in [-0.39, 0.29) is 11.7 Å². The maximum atomic E-state index is 12.9. The number of nitrogens with one attached hydrogen (secondary N) is 1. The van der Waals surface area contributed by atoms with Crippen molar-refractivity contribution in [1.29, 1.82) is 0 Å². The maximum absolute atomic E-state index is 12.9. The molecule has 1 amide bonds. The van der Waals surface area contributed by atoms with E-state index in [4.69, 9.17) is 0 Å². The molecular formula is C20H20N4O3S. The van der Waals surface area contributed by atoms with Crippen LogP contribution in [0.5, 0.6) is 0 Å². The molecular weight excluding hydrogens is 376 g/mol. The van der Waals surface area contributed by atoms with Crippen molar-refractivity contribution < 1.29 is 13.2 Å². The number of aromatic nitrogens is 2. The third-order valence-corrected chi connectivity index (χ3v) is 7.09. The molecule has 3 aromatic rings. The molecule has 144 valence electrons. The number of hydrogen-bond donors (Lipinski definition) is 1. The number of sulfonamides is 1. The predicted octanol–water partition coefficient (Wildman–Crippen LogP) is 3.00. The Morgan fingerprint density at radius 2 is 2.00 bits per heavy atom. The van der Waals surface area contributed by atoms with Gasteiger partial charge >= 0.3 is 0 Å². The summed E-state index contributed by atoms with van der Waals surface area (Å²) in [5.74, 6) is 1.21. The van der Waals surface area contributed by atoms with Gasteiger partial charge in [0.15, 0.2) is 5.69 Å². The number of pyridine rings is 1. The monoisotopic (exact) mass is 396 g/mol. The Morgan fingerprint density at radius 1 is 1.14 bits per heavy atom. The lowest BCUT2D eigenvalue weighted by Gasteiger charge is -2.17. The smallest absolute Gasteiger partial charge is 0.276 e. The van der Waals surface area contributed by atoms with E-state index in [1.54, 1.807) is 24.3 Å². The summed E-state index contributed by atoms with van der Waals surface area (Å²) < 4.78 is 27.7. The normalized spacial score (nSPS) is 18.5. The van der Waals surface area contributed by atoms with E-state index in [1.807, 2.05) is 28.8 Å². The SMILES string of the molecule is O=C(Nc1cccc(N2CCCS2(=O)=O)c1)c1nc(C2CC2)n2ccccc12. The minimum Gasteiger partial charge on any atom is -0.321 e. The third-order valence-electron chi connectivity index (χ3n) is 5.22. The van der Waals surface area contributed by atoms with E-state index in [0.717, 1.165) is 24.2 Å². The number of amides is 1. The highest BCUT2D eigenvalue weighted by Crippen LogP contribution is 2.40. The topological polar surface area (TPSA) is 83.8 Å². The zero-order valence-corrected chi connectivity index (χ0v) is 16.0. The summed E-state index contributed by atoms with van der Waals surface area (Å²) >= 11 is 0. The minimum absolute atomic E-state index is 0.161. The molecule has 1 aromatic carbocycles. The van der Waals surface area contributed by atoms with Crippen LogP contribution in [0, 0.1) is 0 Å². The predicted molar refractivity (Wildman–Crippen MR) is 107 cm³/mol. The third kappa shape index (κ3) is 2.93. The number of carbonyl (C=O) groups excluding carboxylic acids is 1. The van der Waals surface area contributed by atoms with Gasteiger partial charge in [-0.3, -0.25) is 9.10 Å². The molecule has 2 aliphatic rings. The van der Waals surface area contributed by atoms with Gasteiger partial charge in [-0.1, -0.05) is 12.1 Å². The van der Waals surface area contributed by atoms with Crippen molar-refractivity contribution in [3.63, 3.8) is 0 Å². The first-order valence-electron chi connectivity index (χ1n) is 9.42. The van der Waals surface area contributed by atoms with Crippen LogP contribution in [0.2, 0.25) is 0 Å². The largest absolute Gasteiger partial charge is 0.321 e. The zero-order chi connectivity index (χ0) is 19.3. The van der Waals surface area contributed by atoms with Gasteiger partial charge in [0.25, 0.3) is 5.91 Å². The standard InChI is InChI=1S/C20H20N4O3S/c25-20(18-17-7-1-2-10-23(17)19(22-18)14-8-9-14)21-15-5-3-6-16(13-15)24-11-4-12-28(24,26)27/h1-3,5-7,10,13-14H,4,8-9,11-12H2,(H,21,25). The van der Waals surface area contributed by atoms with Gasteiger partial charge in [-0.25, -0.2) is 13.4 Å². The lowest BCUT2D eigenvalue weighted by atomic mass is 10.2. The van der Waals surface area contributed by atoms with Crippen LogP contribution in [0.4, 0.5) is 11.4 Å². The molecule has 0 atom stereocenters. The van der Waals surface area contributed by atoms with E-state index >= 15 is 0 Å². The van der Waals surface area contributed by atoms with Crippen LogP contribution in [-0.2, 0) is 10.0 Å². The average molecular weight is 396 g/mol. The maximum Gasteiger partial charge on any atom is 0.276 e. The van der Waals surface area contributed by atoms with Crippen LogP contribution < -0.4 is 9.62 Å². The molecule has 8 heteroatoms. The van der Waals surface area contributed by atoms with E-state index < -0.39 is 10.0 Å². The number of carbonyl (C=O) groups is 1. The van der Waals surface area contributed by atoms with Crippen LogP contribution in [0.3, 0.4) is 0 Å². The number of anilines is 2. The van der Waals surface area contributed by atoms with Crippen molar-refractivity contribution in [1.82, 2.24) is 9.38 Å². The quantitative estimate of drug-likeness (QED) is 0.735. The van der Waals surface area contributed by atoms with Gasteiger partial charge in [0.1, 0.15) is 5.82 Å². The van der Waals surface area contributed by atoms with Gasteiger partial charge in [-0.15, -0.1) is 0 Å². The van der Waals surface area contributed by atoms with Crippen LogP contribution in [0.15, 0.2) is 48.7 Å². The lowest BCUT2D eigenvalue weighted by molar-refractivity contribution is 0.102. The molecule has 5 rings (SSSR count). The van der Waals surface area contributed by atoms with Gasteiger partial charge in [-0.2, -0.15) is 0 Å². The fourth-order valence-corrected chi connectivity index (χ4v) is 5.27. The van der Waals surface area contributed by atoms with Crippen molar-refractivity contribution in [3.8, 4) is 0 Å². The first kappa shape index (κ1) is 17.2. The van der Waals surface area contributed by atoms with Crippen LogP contribution in [0.25, 0.3) is 5.52 Å². The number of rotatable bonds is 4. The van der Waals surface area contributed by atoms with Crippen molar-refractivity contribution in [2.75, 3.05) is 21.9 Å². The van der Waals surface area contributed by atoms with Crippen molar-refractivity contribution in [2.45, 2.75) is 25.2 Å². The number of fused-ring (bicyclic) bond motifs is 1. The fraction of sp³-hybridized carbons (Fsp3) is 0.300. The van der Waals surface area contributed by atoms with E-state index in [2.05, 4.69) is 10.3 Å². The summed E-state index contributed by atoms with van der Waals surface area (Å²) in [6.07, 6.45) is 4.75. The van der Waals surface area contributed by atoms with Crippen molar-refractivity contribution in [2.24, 2.45) is 0 Å². The van der Waals surface area contributed by atoms with Crippen molar-refractivity contribution in [3.05, 3.63) is 60.2 Å². The molecule has 3 heterocycles.